The summed E-state index contributed by atoms with van der Waals surface area (Å²) < 4.78 is 25.7. The summed E-state index contributed by atoms with van der Waals surface area (Å²) in [4.78, 5) is 16.3. The summed E-state index contributed by atoms with van der Waals surface area (Å²) in [6, 6.07) is 12.4. The standard InChI is InChI=1S/C21H26N2O3S2/c1-28(25,26)22-16-8-5-11-23(12-9-16)21(24)19-14-18(19)20-17(10-13-27-20)15-6-3-2-4-7-15/h2-4,6-7,10,13,16,18-19,22H,5,8-9,11-12,14H2,1H3/t16-,18+,19+/m0/s1. The van der Waals surface area contributed by atoms with Gasteiger partial charge in [-0.15, -0.1) is 11.3 Å². The van der Waals surface area contributed by atoms with Gasteiger partial charge in [0.1, 0.15) is 0 Å². The Labute approximate surface area is 170 Å². The monoisotopic (exact) mass is 418 g/mol. The van der Waals surface area contributed by atoms with Gasteiger partial charge in [-0.3, -0.25) is 4.79 Å². The number of hydrogen-bond donors (Lipinski definition) is 1. The summed E-state index contributed by atoms with van der Waals surface area (Å²) in [5.41, 5.74) is 2.46. The second-order valence-electron chi connectivity index (χ2n) is 7.86. The third-order valence-electron chi connectivity index (χ3n) is 5.64. The first kappa shape index (κ1) is 19.6. The van der Waals surface area contributed by atoms with E-state index in [-0.39, 0.29) is 17.9 Å². The number of likely N-dealkylation sites (tertiary alicyclic amines) is 1. The number of amides is 1. The highest BCUT2D eigenvalue weighted by molar-refractivity contribution is 7.88. The molecule has 5 nitrogen and oxygen atoms in total. The summed E-state index contributed by atoms with van der Waals surface area (Å²) in [5, 5.41) is 2.12. The van der Waals surface area contributed by atoms with Crippen molar-refractivity contribution in [1.82, 2.24) is 9.62 Å². The minimum atomic E-state index is -3.20. The predicted molar refractivity (Wildman–Crippen MR) is 113 cm³/mol. The third-order valence-corrected chi connectivity index (χ3v) is 7.46. The molecule has 28 heavy (non-hydrogen) atoms. The van der Waals surface area contributed by atoms with Crippen LogP contribution in [-0.2, 0) is 14.8 Å². The molecule has 1 saturated carbocycles. The lowest BCUT2D eigenvalue weighted by molar-refractivity contribution is -0.132. The van der Waals surface area contributed by atoms with Gasteiger partial charge in [-0.2, -0.15) is 0 Å². The average Bonchev–Trinajstić information content (AvgIpc) is 3.36. The van der Waals surface area contributed by atoms with E-state index >= 15 is 0 Å². The first-order valence-electron chi connectivity index (χ1n) is 9.81. The number of carbonyl (C=O) groups is 1. The molecule has 2 aromatic rings. The zero-order valence-electron chi connectivity index (χ0n) is 16.0. The van der Waals surface area contributed by atoms with E-state index in [0.29, 0.717) is 18.9 Å². The molecule has 3 atom stereocenters. The van der Waals surface area contributed by atoms with Gasteiger partial charge in [-0.25, -0.2) is 13.1 Å². The smallest absolute Gasteiger partial charge is 0.226 e. The molecule has 0 spiro atoms. The number of nitrogens with zero attached hydrogens (tertiary/aromatic N) is 1. The Bertz CT molecular complexity index is 940. The van der Waals surface area contributed by atoms with Crippen molar-refractivity contribution < 1.29 is 13.2 Å². The normalized spacial score (nSPS) is 25.3. The van der Waals surface area contributed by atoms with E-state index in [9.17, 15) is 13.2 Å². The van der Waals surface area contributed by atoms with Crippen LogP contribution in [0.2, 0.25) is 0 Å². The second-order valence-corrected chi connectivity index (χ2v) is 10.6. The third kappa shape index (κ3) is 4.47. The Kier molecular flexibility index (Phi) is 5.58. The van der Waals surface area contributed by atoms with Gasteiger partial charge in [-0.1, -0.05) is 30.3 Å². The molecule has 2 fully saturated rings. The number of nitrogens with one attached hydrogen (secondary N) is 1. The first-order chi connectivity index (χ1) is 13.4. The quantitative estimate of drug-likeness (QED) is 0.809. The summed E-state index contributed by atoms with van der Waals surface area (Å²) in [7, 11) is -3.20. The molecule has 1 aromatic carbocycles. The van der Waals surface area contributed by atoms with E-state index in [0.717, 1.165) is 25.8 Å². The highest BCUT2D eigenvalue weighted by Gasteiger charge is 2.47. The van der Waals surface area contributed by atoms with Crippen LogP contribution in [0.3, 0.4) is 0 Å². The summed E-state index contributed by atoms with van der Waals surface area (Å²) in [6.07, 6.45) is 4.42. The molecule has 1 aromatic heterocycles. The van der Waals surface area contributed by atoms with Crippen molar-refractivity contribution in [3.05, 3.63) is 46.7 Å². The van der Waals surface area contributed by atoms with E-state index in [2.05, 4.69) is 28.3 Å². The molecule has 0 bridgehead atoms. The molecule has 4 rings (SSSR count). The molecule has 7 heteroatoms. The molecule has 150 valence electrons. The van der Waals surface area contributed by atoms with E-state index in [1.54, 1.807) is 11.3 Å². The van der Waals surface area contributed by atoms with Crippen LogP contribution < -0.4 is 4.72 Å². The van der Waals surface area contributed by atoms with E-state index < -0.39 is 10.0 Å². The van der Waals surface area contributed by atoms with E-state index in [4.69, 9.17) is 0 Å². The van der Waals surface area contributed by atoms with Crippen molar-refractivity contribution >= 4 is 27.3 Å². The van der Waals surface area contributed by atoms with Gasteiger partial charge in [0.05, 0.1) is 6.26 Å². The van der Waals surface area contributed by atoms with Crippen molar-refractivity contribution in [3.8, 4) is 11.1 Å². The lowest BCUT2D eigenvalue weighted by Crippen LogP contribution is -2.36. The lowest BCUT2D eigenvalue weighted by atomic mass is 10.0. The van der Waals surface area contributed by atoms with Crippen LogP contribution in [0.1, 0.15) is 36.5 Å². The SMILES string of the molecule is CS(=O)(=O)N[C@H]1CCCN(C(=O)[C@@H]2C[C@H]2c2sccc2-c2ccccc2)CC1. The van der Waals surface area contributed by atoms with Crippen molar-refractivity contribution in [1.29, 1.82) is 0 Å². The van der Waals surface area contributed by atoms with Gasteiger partial charge < -0.3 is 4.90 Å². The van der Waals surface area contributed by atoms with Crippen LogP contribution in [0.4, 0.5) is 0 Å². The number of sulfonamides is 1. The summed E-state index contributed by atoms with van der Waals surface area (Å²) >= 11 is 1.75. The fourth-order valence-corrected chi connectivity index (χ4v) is 6.13. The Hall–Kier alpha value is -1.70. The van der Waals surface area contributed by atoms with E-state index in [1.165, 1.54) is 22.3 Å². The molecule has 0 unspecified atom stereocenters. The first-order valence-corrected chi connectivity index (χ1v) is 12.6. The average molecular weight is 419 g/mol. The van der Waals surface area contributed by atoms with Gasteiger partial charge >= 0.3 is 0 Å². The fraction of sp³-hybridized carbons (Fsp3) is 0.476. The van der Waals surface area contributed by atoms with Crippen LogP contribution in [0.5, 0.6) is 0 Å². The maximum atomic E-state index is 13.1. The van der Waals surface area contributed by atoms with Gasteiger partial charge in [0.2, 0.25) is 15.9 Å². The molecule has 1 amide bonds. The molecule has 2 aliphatic rings. The number of hydrogen-bond acceptors (Lipinski definition) is 4. The van der Waals surface area contributed by atoms with Crippen LogP contribution in [0.15, 0.2) is 41.8 Å². The molecular formula is C21H26N2O3S2. The molecule has 2 heterocycles. The van der Waals surface area contributed by atoms with Crippen LogP contribution in [-0.4, -0.2) is 44.6 Å². The topological polar surface area (TPSA) is 66.5 Å². The van der Waals surface area contributed by atoms with Crippen molar-refractivity contribution in [3.63, 3.8) is 0 Å². The Morgan fingerprint density at radius 3 is 2.68 bits per heavy atom. The minimum Gasteiger partial charge on any atom is -0.342 e. The molecule has 1 aliphatic carbocycles. The fourth-order valence-electron chi connectivity index (χ4n) is 4.19. The molecule has 0 radical (unpaired) electrons. The van der Waals surface area contributed by atoms with Crippen molar-refractivity contribution in [2.75, 3.05) is 19.3 Å². The summed E-state index contributed by atoms with van der Waals surface area (Å²) in [5.74, 6) is 0.619. The Balaban J connectivity index is 1.40. The van der Waals surface area contributed by atoms with Gasteiger partial charge in [-0.05, 0) is 48.3 Å². The maximum absolute atomic E-state index is 13.1. The zero-order valence-corrected chi connectivity index (χ0v) is 17.6. The largest absolute Gasteiger partial charge is 0.342 e. The zero-order chi connectivity index (χ0) is 19.7. The van der Waals surface area contributed by atoms with Crippen LogP contribution >= 0.6 is 11.3 Å². The molecule has 1 saturated heterocycles. The lowest BCUT2D eigenvalue weighted by Gasteiger charge is -2.21. The van der Waals surface area contributed by atoms with Gasteiger partial charge in [0.15, 0.2) is 0 Å². The summed E-state index contributed by atoms with van der Waals surface area (Å²) in [6.45, 7) is 1.35. The number of benzene rings is 1. The van der Waals surface area contributed by atoms with Gasteiger partial charge in [0, 0.05) is 35.8 Å². The van der Waals surface area contributed by atoms with Gasteiger partial charge in [0.25, 0.3) is 0 Å². The molecule has 1 aliphatic heterocycles. The molecular weight excluding hydrogens is 392 g/mol. The Morgan fingerprint density at radius 2 is 1.93 bits per heavy atom. The minimum absolute atomic E-state index is 0.0650. The Morgan fingerprint density at radius 1 is 1.14 bits per heavy atom. The van der Waals surface area contributed by atoms with E-state index in [1.807, 2.05) is 23.1 Å². The number of carbonyl (C=O) groups excluding carboxylic acids is 1. The predicted octanol–water partition coefficient (Wildman–Crippen LogP) is 3.45. The maximum Gasteiger partial charge on any atom is 0.226 e. The van der Waals surface area contributed by atoms with Crippen LogP contribution in [0, 0.1) is 5.92 Å². The number of thiophene rings is 1. The number of rotatable bonds is 5. The molecule has 1 N–H and O–H groups in total. The van der Waals surface area contributed by atoms with Crippen molar-refractivity contribution in [2.45, 2.75) is 37.6 Å². The second kappa shape index (κ2) is 7.97. The highest BCUT2D eigenvalue weighted by Crippen LogP contribution is 2.53. The van der Waals surface area contributed by atoms with Crippen molar-refractivity contribution in [2.24, 2.45) is 5.92 Å². The highest BCUT2D eigenvalue weighted by atomic mass is 32.2. The van der Waals surface area contributed by atoms with Crippen LogP contribution in [0.25, 0.3) is 11.1 Å².